The molecule has 2 heteroatoms. The van der Waals surface area contributed by atoms with Crippen molar-refractivity contribution in [3.63, 3.8) is 0 Å². The standard InChI is InChI=1S/C27H33PSe/c1-22(25-13-7-4-8-14-25)19-28(29,20-23(2)26-15-9-5-10-16-26)21-24(3)27-17-11-6-12-18-27/h4-18,22-24H,19-21H2,1-3H3. The Morgan fingerprint density at radius 3 is 1.00 bits per heavy atom. The maximum absolute atomic E-state index is 3.80. The minimum atomic E-state index is -1.26. The third kappa shape index (κ3) is 6.55. The Labute approximate surface area is 185 Å². The van der Waals surface area contributed by atoms with E-state index in [-0.39, 0.29) is 0 Å². The van der Waals surface area contributed by atoms with Crippen LogP contribution in [0.2, 0.25) is 0 Å². The second-order valence-corrected chi connectivity index (χ2v) is 16.6. The minimum absolute atomic E-state index is 0.580. The Morgan fingerprint density at radius 2 is 0.759 bits per heavy atom. The zero-order valence-electron chi connectivity index (χ0n) is 17.9. The quantitative estimate of drug-likeness (QED) is 0.226. The van der Waals surface area contributed by atoms with Gasteiger partial charge in [-0.25, -0.2) is 0 Å². The van der Waals surface area contributed by atoms with E-state index in [1.807, 2.05) is 0 Å². The molecule has 0 saturated heterocycles. The summed E-state index contributed by atoms with van der Waals surface area (Å²) in [5.41, 5.74) is 3.13. The van der Waals surface area contributed by atoms with Gasteiger partial charge in [0.05, 0.1) is 0 Å². The molecule has 0 aliphatic rings. The van der Waals surface area contributed by atoms with Gasteiger partial charge in [-0.2, -0.15) is 0 Å². The predicted octanol–water partition coefficient (Wildman–Crippen LogP) is 7.50. The van der Waals surface area contributed by atoms with E-state index in [4.69, 9.17) is 0 Å². The van der Waals surface area contributed by atoms with Gasteiger partial charge in [-0.15, -0.1) is 0 Å². The summed E-state index contributed by atoms with van der Waals surface area (Å²) in [4.78, 5) is 0. The van der Waals surface area contributed by atoms with E-state index in [1.54, 1.807) is 0 Å². The molecular formula is C27H33PSe. The summed E-state index contributed by atoms with van der Waals surface area (Å²) >= 11 is 3.80. The van der Waals surface area contributed by atoms with Gasteiger partial charge < -0.3 is 0 Å². The van der Waals surface area contributed by atoms with Gasteiger partial charge >= 0.3 is 185 Å². The molecule has 152 valence electrons. The van der Waals surface area contributed by atoms with Crippen molar-refractivity contribution in [2.45, 2.75) is 38.5 Å². The first-order valence-electron chi connectivity index (χ1n) is 10.7. The molecule has 3 unspecified atom stereocenters. The van der Waals surface area contributed by atoms with Crippen molar-refractivity contribution < 1.29 is 0 Å². The fourth-order valence-corrected chi connectivity index (χ4v) is 12.7. The Kier molecular flexibility index (Phi) is 8.14. The van der Waals surface area contributed by atoms with Gasteiger partial charge in [-0.3, -0.25) is 0 Å². The van der Waals surface area contributed by atoms with E-state index in [0.717, 1.165) is 0 Å². The van der Waals surface area contributed by atoms with E-state index >= 15 is 0 Å². The van der Waals surface area contributed by atoms with Crippen molar-refractivity contribution in [3.05, 3.63) is 108 Å². The van der Waals surface area contributed by atoms with Crippen LogP contribution in [-0.4, -0.2) is 33.6 Å². The molecule has 0 heterocycles. The normalized spacial score (nSPS) is 16.5. The van der Waals surface area contributed by atoms with Gasteiger partial charge in [-0.05, 0) is 0 Å². The van der Waals surface area contributed by atoms with Gasteiger partial charge in [0.1, 0.15) is 0 Å². The monoisotopic (exact) mass is 468 g/mol. The molecule has 0 aromatic heterocycles. The van der Waals surface area contributed by atoms with Crippen molar-refractivity contribution in [3.8, 4) is 0 Å². The van der Waals surface area contributed by atoms with Crippen molar-refractivity contribution in [1.29, 1.82) is 0 Å². The van der Waals surface area contributed by atoms with E-state index in [9.17, 15) is 0 Å². The van der Waals surface area contributed by atoms with Crippen molar-refractivity contribution >= 4 is 20.6 Å². The molecule has 29 heavy (non-hydrogen) atoms. The Morgan fingerprint density at radius 1 is 0.517 bits per heavy atom. The van der Waals surface area contributed by atoms with Crippen molar-refractivity contribution in [2.24, 2.45) is 0 Å². The van der Waals surface area contributed by atoms with Crippen LogP contribution in [-0.2, 0) is 0 Å². The summed E-state index contributed by atoms with van der Waals surface area (Å²) in [6, 6.07) is 33.1. The van der Waals surface area contributed by atoms with Crippen LogP contribution in [0.1, 0.15) is 55.2 Å². The number of benzene rings is 3. The topological polar surface area (TPSA) is 0 Å². The van der Waals surface area contributed by atoms with Crippen LogP contribution in [0.15, 0.2) is 91.0 Å². The summed E-state index contributed by atoms with van der Waals surface area (Å²) in [5, 5.41) is 0. The SMILES string of the molecule is CC(CP(=[Se])(CC(C)c1ccccc1)CC(C)c1ccccc1)c1ccccc1. The molecular weight excluding hydrogens is 434 g/mol. The molecule has 0 nitrogen and oxygen atoms in total. The molecule has 0 fully saturated rings. The predicted molar refractivity (Wildman–Crippen MR) is 132 cm³/mol. The Bertz CT molecular complexity index is 783. The van der Waals surface area contributed by atoms with Crippen LogP contribution < -0.4 is 0 Å². The molecule has 0 N–H and O–H groups in total. The summed E-state index contributed by atoms with van der Waals surface area (Å²) in [5.74, 6) is 1.74. The molecule has 0 aliphatic carbocycles. The third-order valence-electron chi connectivity index (χ3n) is 5.93. The molecule has 3 aromatic carbocycles. The first-order valence-corrected chi connectivity index (χ1v) is 15.2. The van der Waals surface area contributed by atoms with Crippen LogP contribution >= 0.6 is 5.51 Å². The average Bonchev–Trinajstić information content (AvgIpc) is 2.75. The molecule has 3 rings (SSSR count). The third-order valence-corrected chi connectivity index (χ3v) is 12.4. The first-order chi connectivity index (χ1) is 14.0. The average molecular weight is 467 g/mol. The molecule has 0 bridgehead atoms. The van der Waals surface area contributed by atoms with Gasteiger partial charge in [0.25, 0.3) is 0 Å². The summed E-state index contributed by atoms with van der Waals surface area (Å²) in [6.45, 7) is 7.21. The van der Waals surface area contributed by atoms with Gasteiger partial charge in [-0.1, -0.05) is 0 Å². The van der Waals surface area contributed by atoms with Crippen LogP contribution in [0.3, 0.4) is 0 Å². The van der Waals surface area contributed by atoms with Gasteiger partial charge in [0.15, 0.2) is 0 Å². The van der Waals surface area contributed by atoms with Crippen molar-refractivity contribution in [2.75, 3.05) is 18.5 Å². The first kappa shape index (κ1) is 22.3. The van der Waals surface area contributed by atoms with E-state index in [1.165, 1.54) is 35.2 Å². The summed E-state index contributed by atoms with van der Waals surface area (Å²) < 4.78 is 0. The van der Waals surface area contributed by atoms with Crippen LogP contribution in [0.5, 0.6) is 0 Å². The van der Waals surface area contributed by atoms with Crippen molar-refractivity contribution in [1.82, 2.24) is 0 Å². The molecule has 0 radical (unpaired) electrons. The summed E-state index contributed by atoms with van der Waals surface area (Å²) in [7, 11) is 0. The molecule has 0 saturated carbocycles. The van der Waals surface area contributed by atoms with Gasteiger partial charge in [0, 0.05) is 0 Å². The number of hydrogen-bond acceptors (Lipinski definition) is 0. The second-order valence-electron chi connectivity index (χ2n) is 8.54. The Balaban J connectivity index is 1.82. The number of rotatable bonds is 9. The molecule has 3 atom stereocenters. The van der Waals surface area contributed by atoms with E-state index in [0.29, 0.717) is 17.8 Å². The zero-order valence-corrected chi connectivity index (χ0v) is 20.5. The molecule has 3 aromatic rings. The zero-order chi connectivity index (χ0) is 20.7. The molecule has 0 amide bonds. The number of hydrogen-bond donors (Lipinski definition) is 0. The fraction of sp³-hybridized carbons (Fsp3) is 0.333. The maximum atomic E-state index is 3.80. The van der Waals surface area contributed by atoms with E-state index < -0.39 is 5.51 Å². The molecule has 0 spiro atoms. The second kappa shape index (κ2) is 10.6. The Hall–Kier alpha value is -1.39. The van der Waals surface area contributed by atoms with Crippen LogP contribution in [0.4, 0.5) is 0 Å². The van der Waals surface area contributed by atoms with Crippen LogP contribution in [0.25, 0.3) is 0 Å². The van der Waals surface area contributed by atoms with E-state index in [2.05, 4.69) is 127 Å². The summed E-state index contributed by atoms with van der Waals surface area (Å²) in [6.07, 6.45) is 3.81. The fourth-order valence-electron chi connectivity index (χ4n) is 4.38. The van der Waals surface area contributed by atoms with Crippen LogP contribution in [0, 0.1) is 0 Å². The van der Waals surface area contributed by atoms with Gasteiger partial charge in [0.2, 0.25) is 0 Å². The molecule has 0 aliphatic heterocycles.